The number of rotatable bonds is 12. The second kappa shape index (κ2) is 11.9. The lowest BCUT2D eigenvalue weighted by Crippen LogP contribution is -2.28. The van der Waals surface area contributed by atoms with Crippen LogP contribution in [-0.4, -0.2) is 43.1 Å². The summed E-state index contributed by atoms with van der Waals surface area (Å²) in [6.45, 7) is 5.80. The Bertz CT molecular complexity index is 1380. The van der Waals surface area contributed by atoms with Crippen molar-refractivity contribution in [3.63, 3.8) is 0 Å². The van der Waals surface area contributed by atoms with Crippen molar-refractivity contribution in [3.8, 4) is 5.88 Å². The van der Waals surface area contributed by atoms with Crippen LogP contribution in [0.15, 0.2) is 58.8 Å². The van der Waals surface area contributed by atoms with Crippen molar-refractivity contribution < 1.29 is 10.0 Å². The van der Waals surface area contributed by atoms with Crippen LogP contribution in [0.4, 0.5) is 34.9 Å². The van der Waals surface area contributed by atoms with E-state index < -0.39 is 4.92 Å². The van der Waals surface area contributed by atoms with E-state index in [0.717, 1.165) is 49.7 Å². The lowest BCUT2D eigenvalue weighted by atomic mass is 10.2. The van der Waals surface area contributed by atoms with Crippen LogP contribution in [0.5, 0.6) is 5.88 Å². The van der Waals surface area contributed by atoms with Gasteiger partial charge in [-0.2, -0.15) is 15.0 Å². The number of hydrogen-bond acceptors (Lipinski definition) is 10. The second-order valence-corrected chi connectivity index (χ2v) is 8.45. The Morgan fingerprint density at radius 2 is 1.70 bits per heavy atom. The predicted octanol–water partition coefficient (Wildman–Crippen LogP) is 6.53. The van der Waals surface area contributed by atoms with Gasteiger partial charge in [-0.05, 0) is 31.0 Å². The van der Waals surface area contributed by atoms with Gasteiger partial charge in [-0.3, -0.25) is 10.1 Å². The number of aromatic hydroxyl groups is 1. The Morgan fingerprint density at radius 3 is 2.38 bits per heavy atom. The number of anilines is 3. The topological polar surface area (TPSA) is 158 Å². The van der Waals surface area contributed by atoms with E-state index in [0.29, 0.717) is 11.6 Å². The molecule has 12 heteroatoms. The molecule has 4 rings (SSSR count). The highest BCUT2D eigenvalue weighted by Crippen LogP contribution is 2.36. The maximum absolute atomic E-state index is 11.0. The summed E-state index contributed by atoms with van der Waals surface area (Å²) in [5.74, 6) is 0.653. The molecule has 0 aliphatic rings. The van der Waals surface area contributed by atoms with Crippen molar-refractivity contribution in [3.05, 3.63) is 58.6 Å². The summed E-state index contributed by atoms with van der Waals surface area (Å²) >= 11 is 0. The highest BCUT2D eigenvalue weighted by Gasteiger charge is 2.15. The third-order valence-electron chi connectivity index (χ3n) is 5.69. The summed E-state index contributed by atoms with van der Waals surface area (Å²) in [5, 5.41) is 33.6. The molecule has 0 fully saturated rings. The molecule has 0 bridgehead atoms. The molecule has 0 aliphatic carbocycles. The molecule has 2 aromatic heterocycles. The molecule has 0 unspecified atom stereocenters. The molecule has 0 amide bonds. The first-order valence-corrected chi connectivity index (χ1v) is 12.2. The number of nitrogens with zero attached hydrogens (tertiary/aromatic N) is 7. The molecule has 12 nitrogen and oxygen atoms in total. The minimum Gasteiger partial charge on any atom is -0.493 e. The zero-order valence-electron chi connectivity index (χ0n) is 20.8. The van der Waals surface area contributed by atoms with E-state index in [4.69, 9.17) is 0 Å². The van der Waals surface area contributed by atoms with Gasteiger partial charge in [0.2, 0.25) is 17.8 Å². The molecular formula is C25H29N9O3. The number of H-pyrrole nitrogens is 1. The Morgan fingerprint density at radius 1 is 1.00 bits per heavy atom. The summed E-state index contributed by atoms with van der Waals surface area (Å²) < 4.78 is 0. The molecular weight excluding hydrogens is 474 g/mol. The number of benzene rings is 2. The van der Waals surface area contributed by atoms with Crippen molar-refractivity contribution in [2.24, 2.45) is 10.2 Å². The number of nitro benzene ring substituents is 1. The molecule has 0 atom stereocenters. The van der Waals surface area contributed by atoms with Crippen LogP contribution < -0.4 is 10.2 Å². The number of non-ortho nitro benzene ring substituents is 1. The number of aromatic nitrogens is 4. The number of para-hydroxylation sites is 1. The van der Waals surface area contributed by atoms with Gasteiger partial charge in [0.25, 0.3) is 11.6 Å². The molecule has 192 valence electrons. The highest BCUT2D eigenvalue weighted by molar-refractivity contribution is 5.94. The quantitative estimate of drug-likeness (QED) is 0.112. The molecule has 0 radical (unpaired) electrons. The van der Waals surface area contributed by atoms with E-state index in [1.165, 1.54) is 12.1 Å². The largest absolute Gasteiger partial charge is 0.493 e. The minimum absolute atomic E-state index is 0.0137. The van der Waals surface area contributed by atoms with E-state index in [9.17, 15) is 15.2 Å². The Hall–Kier alpha value is -4.61. The van der Waals surface area contributed by atoms with Gasteiger partial charge < -0.3 is 20.3 Å². The Kier molecular flexibility index (Phi) is 8.18. The molecule has 2 aromatic carbocycles. The van der Waals surface area contributed by atoms with Crippen LogP contribution in [0.3, 0.4) is 0 Å². The predicted molar refractivity (Wildman–Crippen MR) is 142 cm³/mol. The van der Waals surface area contributed by atoms with Crippen molar-refractivity contribution >= 4 is 45.8 Å². The normalized spacial score (nSPS) is 11.3. The summed E-state index contributed by atoms with van der Waals surface area (Å²) in [6, 6.07) is 13.3. The Balaban J connectivity index is 1.70. The molecule has 2 heterocycles. The summed E-state index contributed by atoms with van der Waals surface area (Å²) in [7, 11) is 0. The van der Waals surface area contributed by atoms with E-state index in [-0.39, 0.29) is 29.2 Å². The molecule has 0 saturated heterocycles. The Labute approximate surface area is 213 Å². The maximum Gasteiger partial charge on any atom is 0.275 e. The van der Waals surface area contributed by atoms with Gasteiger partial charge in [-0.1, -0.05) is 44.9 Å². The van der Waals surface area contributed by atoms with Crippen LogP contribution in [0.1, 0.15) is 39.5 Å². The van der Waals surface area contributed by atoms with Crippen molar-refractivity contribution in [2.45, 2.75) is 39.5 Å². The van der Waals surface area contributed by atoms with Crippen molar-refractivity contribution in [1.29, 1.82) is 0 Å². The van der Waals surface area contributed by atoms with E-state index in [2.05, 4.69) is 54.2 Å². The maximum atomic E-state index is 11.0. The molecule has 3 N–H and O–H groups in total. The number of hydrogen-bond donors (Lipinski definition) is 3. The van der Waals surface area contributed by atoms with Gasteiger partial charge in [-0.15, -0.1) is 10.2 Å². The van der Waals surface area contributed by atoms with Crippen LogP contribution in [0.25, 0.3) is 10.9 Å². The van der Waals surface area contributed by atoms with Gasteiger partial charge in [0.15, 0.2) is 5.69 Å². The first-order chi connectivity index (χ1) is 18.0. The third kappa shape index (κ3) is 6.34. The fraction of sp³-hybridized carbons (Fsp3) is 0.320. The molecule has 0 spiro atoms. The lowest BCUT2D eigenvalue weighted by Gasteiger charge is -2.22. The average molecular weight is 504 g/mol. The minimum atomic E-state index is -0.456. The first-order valence-electron chi connectivity index (χ1n) is 12.2. The number of nitrogens with one attached hydrogen (secondary N) is 2. The van der Waals surface area contributed by atoms with Gasteiger partial charge in [0.1, 0.15) is 0 Å². The van der Waals surface area contributed by atoms with Gasteiger partial charge >= 0.3 is 0 Å². The van der Waals surface area contributed by atoms with E-state index >= 15 is 0 Å². The zero-order valence-corrected chi connectivity index (χ0v) is 20.8. The SMILES string of the molecule is CCCCN(CCCC)c1nc(N=Nc2c(O)[nH]c3ccccc23)nc(Nc2ccc([N+](=O)[O-])cc2)n1. The number of unbranched alkanes of at least 4 members (excludes halogenated alkanes) is 2. The van der Waals surface area contributed by atoms with Gasteiger partial charge in [0, 0.05) is 36.3 Å². The standard InChI is InChI=1S/C25H29N9O3/c1-3-5-15-33(16-6-4-2)25-29-23(26-17-11-13-18(14-12-17)34(36)37)28-24(30-25)32-31-21-19-9-7-8-10-20(19)27-22(21)35/h7-14,27,35H,3-6,15-16H2,1-2H3,(H,26,28,29,30). The zero-order chi connectivity index (χ0) is 26.2. The summed E-state index contributed by atoms with van der Waals surface area (Å²) in [4.78, 5) is 29.1. The molecule has 0 aliphatic heterocycles. The fourth-order valence-corrected chi connectivity index (χ4v) is 3.71. The van der Waals surface area contributed by atoms with Crippen molar-refractivity contribution in [2.75, 3.05) is 23.3 Å². The molecule has 0 saturated carbocycles. The molecule has 37 heavy (non-hydrogen) atoms. The van der Waals surface area contributed by atoms with Crippen LogP contribution >= 0.6 is 0 Å². The molecule has 4 aromatic rings. The third-order valence-corrected chi connectivity index (χ3v) is 5.69. The van der Waals surface area contributed by atoms with Gasteiger partial charge in [0.05, 0.1) is 10.4 Å². The van der Waals surface area contributed by atoms with Crippen LogP contribution in [0.2, 0.25) is 0 Å². The first kappa shape index (κ1) is 25.5. The monoisotopic (exact) mass is 503 g/mol. The second-order valence-electron chi connectivity index (χ2n) is 8.45. The summed E-state index contributed by atoms with van der Waals surface area (Å²) in [6.07, 6.45) is 3.99. The number of aromatic amines is 1. The average Bonchev–Trinajstić information content (AvgIpc) is 3.22. The highest BCUT2D eigenvalue weighted by atomic mass is 16.6. The number of azo groups is 1. The van der Waals surface area contributed by atoms with Crippen LogP contribution in [0, 0.1) is 10.1 Å². The smallest absolute Gasteiger partial charge is 0.275 e. The van der Waals surface area contributed by atoms with E-state index in [1.54, 1.807) is 12.1 Å². The van der Waals surface area contributed by atoms with Crippen LogP contribution in [-0.2, 0) is 0 Å². The number of fused-ring (bicyclic) bond motifs is 1. The van der Waals surface area contributed by atoms with Crippen molar-refractivity contribution in [1.82, 2.24) is 19.9 Å². The lowest BCUT2D eigenvalue weighted by molar-refractivity contribution is -0.384. The fourth-order valence-electron chi connectivity index (χ4n) is 3.71. The summed E-state index contributed by atoms with van der Waals surface area (Å²) in [5.41, 5.74) is 1.58. The van der Waals surface area contributed by atoms with E-state index in [1.807, 2.05) is 24.3 Å². The van der Waals surface area contributed by atoms with Gasteiger partial charge in [-0.25, -0.2) is 0 Å². The number of nitro groups is 1.